The van der Waals surface area contributed by atoms with E-state index >= 15 is 0 Å². The molecular formula is C18H18BrN5O. The van der Waals surface area contributed by atoms with Gasteiger partial charge < -0.3 is 5.32 Å². The van der Waals surface area contributed by atoms with Crippen molar-refractivity contribution >= 4 is 27.7 Å². The van der Waals surface area contributed by atoms with Crippen molar-refractivity contribution in [3.05, 3.63) is 64.7 Å². The van der Waals surface area contributed by atoms with Gasteiger partial charge in [-0.05, 0) is 34.1 Å². The number of rotatable bonds is 3. The molecule has 0 aromatic carbocycles. The summed E-state index contributed by atoms with van der Waals surface area (Å²) in [6.45, 7) is 6.21. The highest BCUT2D eigenvalue weighted by Gasteiger charge is 2.22. The van der Waals surface area contributed by atoms with Gasteiger partial charge in [-0.1, -0.05) is 26.8 Å². The Labute approximate surface area is 154 Å². The van der Waals surface area contributed by atoms with Crippen LogP contribution in [0.5, 0.6) is 0 Å². The fraction of sp³-hybridized carbons (Fsp3) is 0.222. The summed E-state index contributed by atoms with van der Waals surface area (Å²) in [6, 6.07) is 9.15. The summed E-state index contributed by atoms with van der Waals surface area (Å²) in [5.41, 5.74) is 1.16. The normalized spacial score (nSPS) is 11.4. The van der Waals surface area contributed by atoms with Crippen LogP contribution in [0.15, 0.2) is 53.4 Å². The number of halogens is 1. The van der Waals surface area contributed by atoms with Crippen LogP contribution in [-0.2, 0) is 5.41 Å². The molecule has 1 N–H and O–H groups in total. The lowest BCUT2D eigenvalue weighted by Gasteiger charge is -2.13. The van der Waals surface area contributed by atoms with Gasteiger partial charge >= 0.3 is 0 Å². The predicted molar refractivity (Wildman–Crippen MR) is 99.9 cm³/mol. The smallest absolute Gasteiger partial charge is 0.258 e. The van der Waals surface area contributed by atoms with Crippen molar-refractivity contribution < 1.29 is 4.79 Å². The lowest BCUT2D eigenvalue weighted by atomic mass is 9.92. The van der Waals surface area contributed by atoms with Gasteiger partial charge in [0.15, 0.2) is 5.82 Å². The Morgan fingerprint density at radius 3 is 2.64 bits per heavy atom. The largest absolute Gasteiger partial charge is 0.306 e. The van der Waals surface area contributed by atoms with Gasteiger partial charge in [-0.15, -0.1) is 0 Å². The highest BCUT2D eigenvalue weighted by atomic mass is 79.9. The molecule has 3 heterocycles. The minimum Gasteiger partial charge on any atom is -0.306 e. The van der Waals surface area contributed by atoms with E-state index in [2.05, 4.69) is 57.1 Å². The quantitative estimate of drug-likeness (QED) is 0.722. The Balaban J connectivity index is 2.00. The number of pyridine rings is 2. The van der Waals surface area contributed by atoms with Crippen molar-refractivity contribution in [1.82, 2.24) is 19.7 Å². The molecule has 6 nitrogen and oxygen atoms in total. The highest BCUT2D eigenvalue weighted by molar-refractivity contribution is 9.10. The fourth-order valence-electron chi connectivity index (χ4n) is 2.21. The summed E-state index contributed by atoms with van der Waals surface area (Å²) in [5, 5.41) is 7.54. The number of anilines is 1. The molecule has 0 spiro atoms. The molecule has 25 heavy (non-hydrogen) atoms. The molecule has 0 saturated heterocycles. The second-order valence-corrected chi connectivity index (χ2v) is 7.53. The SMILES string of the molecule is CC(C)(C)c1cc(NC(=O)c2cncc(Br)c2)n(-c2ccccn2)n1. The molecule has 3 rings (SSSR count). The van der Waals surface area contributed by atoms with Crippen LogP contribution in [-0.4, -0.2) is 25.7 Å². The van der Waals surface area contributed by atoms with Gasteiger partial charge in [-0.3, -0.25) is 9.78 Å². The molecule has 0 saturated carbocycles. The number of carbonyl (C=O) groups excluding carboxylic acids is 1. The molecular weight excluding hydrogens is 382 g/mol. The molecule has 3 aromatic heterocycles. The van der Waals surface area contributed by atoms with Crippen LogP contribution < -0.4 is 5.32 Å². The third-order valence-corrected chi connectivity index (χ3v) is 3.99. The highest BCUT2D eigenvalue weighted by Crippen LogP contribution is 2.26. The van der Waals surface area contributed by atoms with Crippen LogP contribution >= 0.6 is 15.9 Å². The Morgan fingerprint density at radius 2 is 2.00 bits per heavy atom. The third-order valence-electron chi connectivity index (χ3n) is 3.55. The number of hydrogen-bond donors (Lipinski definition) is 1. The van der Waals surface area contributed by atoms with Gasteiger partial charge in [-0.25, -0.2) is 4.98 Å². The van der Waals surface area contributed by atoms with Crippen molar-refractivity contribution in [2.24, 2.45) is 0 Å². The molecule has 0 bridgehead atoms. The van der Waals surface area contributed by atoms with Gasteiger partial charge in [-0.2, -0.15) is 9.78 Å². The molecule has 0 unspecified atom stereocenters. The van der Waals surface area contributed by atoms with Crippen molar-refractivity contribution in [1.29, 1.82) is 0 Å². The molecule has 0 aliphatic carbocycles. The van der Waals surface area contributed by atoms with E-state index in [1.165, 1.54) is 6.20 Å². The van der Waals surface area contributed by atoms with Crippen LogP contribution in [0.4, 0.5) is 5.82 Å². The van der Waals surface area contributed by atoms with Gasteiger partial charge in [0.2, 0.25) is 0 Å². The molecule has 0 atom stereocenters. The van der Waals surface area contributed by atoms with E-state index in [0.717, 1.165) is 10.2 Å². The molecule has 1 amide bonds. The predicted octanol–water partition coefficient (Wildman–Crippen LogP) is 3.97. The second-order valence-electron chi connectivity index (χ2n) is 6.61. The zero-order valence-electron chi connectivity index (χ0n) is 14.2. The third kappa shape index (κ3) is 3.93. The lowest BCUT2D eigenvalue weighted by Crippen LogP contribution is -2.16. The summed E-state index contributed by atoms with van der Waals surface area (Å²) < 4.78 is 2.39. The number of aromatic nitrogens is 4. The summed E-state index contributed by atoms with van der Waals surface area (Å²) in [6.07, 6.45) is 4.84. The molecule has 0 radical (unpaired) electrons. The average molecular weight is 400 g/mol. The van der Waals surface area contributed by atoms with E-state index in [0.29, 0.717) is 17.2 Å². The summed E-state index contributed by atoms with van der Waals surface area (Å²) in [7, 11) is 0. The van der Waals surface area contributed by atoms with E-state index in [1.807, 2.05) is 24.3 Å². The first kappa shape index (κ1) is 17.3. The minimum absolute atomic E-state index is 0.156. The monoisotopic (exact) mass is 399 g/mol. The van der Waals surface area contributed by atoms with Crippen molar-refractivity contribution in [2.75, 3.05) is 5.32 Å². The first-order chi connectivity index (χ1) is 11.8. The fourth-order valence-corrected chi connectivity index (χ4v) is 2.58. The van der Waals surface area contributed by atoms with Crippen LogP contribution in [0.3, 0.4) is 0 Å². The summed E-state index contributed by atoms with van der Waals surface area (Å²) in [5.74, 6) is 0.945. The standard InChI is InChI=1S/C18H18BrN5O/c1-18(2,3)14-9-16(24(23-14)15-6-4-5-7-21-15)22-17(25)12-8-13(19)11-20-10-12/h4-11H,1-3H3,(H,22,25). The van der Waals surface area contributed by atoms with Gasteiger partial charge in [0, 0.05) is 34.5 Å². The number of amides is 1. The first-order valence-corrected chi connectivity index (χ1v) is 8.58. The van der Waals surface area contributed by atoms with E-state index in [1.54, 1.807) is 23.1 Å². The maximum atomic E-state index is 12.6. The van der Waals surface area contributed by atoms with E-state index < -0.39 is 0 Å². The van der Waals surface area contributed by atoms with Gasteiger partial charge in [0.05, 0.1) is 11.3 Å². The Bertz CT molecular complexity index is 899. The van der Waals surface area contributed by atoms with Crippen molar-refractivity contribution in [3.63, 3.8) is 0 Å². The van der Waals surface area contributed by atoms with E-state index in [-0.39, 0.29) is 11.3 Å². The Kier molecular flexibility index (Phi) is 4.67. The van der Waals surface area contributed by atoms with Crippen LogP contribution in [0.25, 0.3) is 5.82 Å². The second kappa shape index (κ2) is 6.76. The van der Waals surface area contributed by atoms with Crippen molar-refractivity contribution in [3.8, 4) is 5.82 Å². The molecule has 7 heteroatoms. The first-order valence-electron chi connectivity index (χ1n) is 7.78. The zero-order valence-corrected chi connectivity index (χ0v) is 15.8. The molecule has 0 fully saturated rings. The lowest BCUT2D eigenvalue weighted by molar-refractivity contribution is 0.102. The maximum absolute atomic E-state index is 12.6. The Hall–Kier alpha value is -2.54. The van der Waals surface area contributed by atoms with Crippen LogP contribution in [0.1, 0.15) is 36.8 Å². The zero-order chi connectivity index (χ0) is 18.0. The van der Waals surface area contributed by atoms with Gasteiger partial charge in [0.1, 0.15) is 5.82 Å². The minimum atomic E-state index is -0.258. The number of nitrogens with zero attached hydrogens (tertiary/aromatic N) is 4. The average Bonchev–Trinajstić information content (AvgIpc) is 3.00. The maximum Gasteiger partial charge on any atom is 0.258 e. The summed E-state index contributed by atoms with van der Waals surface area (Å²) >= 11 is 3.33. The molecule has 0 aliphatic rings. The van der Waals surface area contributed by atoms with Crippen LogP contribution in [0, 0.1) is 0 Å². The number of carbonyl (C=O) groups is 1. The summed E-state index contributed by atoms with van der Waals surface area (Å²) in [4.78, 5) is 20.9. The molecule has 3 aromatic rings. The topological polar surface area (TPSA) is 72.7 Å². The van der Waals surface area contributed by atoms with E-state index in [9.17, 15) is 4.79 Å². The van der Waals surface area contributed by atoms with Gasteiger partial charge in [0.25, 0.3) is 5.91 Å². The molecule has 0 aliphatic heterocycles. The van der Waals surface area contributed by atoms with Crippen LogP contribution in [0.2, 0.25) is 0 Å². The number of hydrogen-bond acceptors (Lipinski definition) is 4. The van der Waals surface area contributed by atoms with Crippen molar-refractivity contribution in [2.45, 2.75) is 26.2 Å². The number of nitrogens with one attached hydrogen (secondary N) is 1. The molecule has 128 valence electrons. The van der Waals surface area contributed by atoms with E-state index in [4.69, 9.17) is 0 Å². The Morgan fingerprint density at radius 1 is 1.20 bits per heavy atom.